The summed E-state index contributed by atoms with van der Waals surface area (Å²) in [5.74, 6) is 0.523. The number of halogens is 2. The van der Waals surface area contributed by atoms with Gasteiger partial charge in [-0.3, -0.25) is 4.21 Å². The van der Waals surface area contributed by atoms with Gasteiger partial charge in [0.05, 0.1) is 4.47 Å². The van der Waals surface area contributed by atoms with Gasteiger partial charge in [-0.05, 0) is 47.5 Å². The van der Waals surface area contributed by atoms with Crippen molar-refractivity contribution in [2.24, 2.45) is 5.73 Å². The van der Waals surface area contributed by atoms with E-state index < -0.39 is 16.3 Å². The first-order chi connectivity index (χ1) is 7.28. The molecule has 0 radical (unpaired) electrons. The lowest BCUT2D eigenvalue weighted by atomic mass is 10.1. The quantitative estimate of drug-likeness (QED) is 0.929. The van der Waals surface area contributed by atoms with Crippen LogP contribution in [0.4, 0.5) is 4.39 Å². The van der Waals surface area contributed by atoms with Crippen LogP contribution < -0.4 is 5.73 Å². The van der Waals surface area contributed by atoms with Crippen molar-refractivity contribution in [2.75, 3.05) is 5.75 Å². The van der Waals surface area contributed by atoms with Gasteiger partial charge in [-0.1, -0.05) is 6.07 Å². The highest BCUT2D eigenvalue weighted by atomic mass is 79.9. The number of rotatable bonds is 4. The summed E-state index contributed by atoms with van der Waals surface area (Å²) in [6, 6.07) is 4.66. The fraction of sp³-hybridized carbons (Fsp3) is 0.455. The Hall–Kier alpha value is -0.260. The number of hydrogen-bond acceptors (Lipinski definition) is 2. The molecule has 0 saturated carbocycles. The average molecular weight is 308 g/mol. The molecule has 0 heterocycles. The Balaban J connectivity index is 2.67. The predicted octanol–water partition coefficient (Wildman–Crippen LogP) is 2.57. The van der Waals surface area contributed by atoms with Crippen LogP contribution in [0.5, 0.6) is 0 Å². The minimum absolute atomic E-state index is 0.311. The van der Waals surface area contributed by atoms with Gasteiger partial charge in [-0.25, -0.2) is 4.39 Å². The van der Waals surface area contributed by atoms with Crippen LogP contribution >= 0.6 is 15.9 Å². The molecule has 1 unspecified atom stereocenters. The van der Waals surface area contributed by atoms with Crippen molar-refractivity contribution in [1.82, 2.24) is 0 Å². The largest absolute Gasteiger partial charge is 0.325 e. The second-order valence-electron chi connectivity index (χ2n) is 4.47. The number of hydrogen-bond donors (Lipinski definition) is 1. The van der Waals surface area contributed by atoms with Crippen LogP contribution in [0.1, 0.15) is 19.4 Å². The van der Waals surface area contributed by atoms with E-state index in [0.717, 1.165) is 5.56 Å². The fourth-order valence-corrected chi connectivity index (χ4v) is 3.19. The Labute approximate surface area is 106 Å². The summed E-state index contributed by atoms with van der Waals surface area (Å²) in [7, 11) is -1.02. The van der Waals surface area contributed by atoms with Crippen molar-refractivity contribution < 1.29 is 8.60 Å². The number of benzene rings is 1. The highest BCUT2D eigenvalue weighted by Gasteiger charge is 2.15. The lowest BCUT2D eigenvalue weighted by molar-refractivity contribution is 0.577. The summed E-state index contributed by atoms with van der Waals surface area (Å²) in [6.45, 7) is 3.68. The van der Waals surface area contributed by atoms with Crippen molar-refractivity contribution in [2.45, 2.75) is 25.1 Å². The van der Waals surface area contributed by atoms with Gasteiger partial charge in [-0.2, -0.15) is 0 Å². The third kappa shape index (κ3) is 4.72. The molecule has 0 bridgehead atoms. The van der Waals surface area contributed by atoms with Crippen LogP contribution in [0.15, 0.2) is 22.7 Å². The first-order valence-corrected chi connectivity index (χ1v) is 7.14. The van der Waals surface area contributed by atoms with E-state index in [0.29, 0.717) is 16.0 Å². The molecule has 0 aliphatic rings. The van der Waals surface area contributed by atoms with Crippen LogP contribution in [0.25, 0.3) is 0 Å². The van der Waals surface area contributed by atoms with Crippen molar-refractivity contribution in [3.8, 4) is 0 Å². The molecule has 0 spiro atoms. The highest BCUT2D eigenvalue weighted by Crippen LogP contribution is 2.18. The highest BCUT2D eigenvalue weighted by molar-refractivity contribution is 9.10. The molecule has 5 heteroatoms. The van der Waals surface area contributed by atoms with Gasteiger partial charge in [0.15, 0.2) is 0 Å². The standard InChI is InChI=1S/C11H15BrFNOS/c1-11(2,14)7-16(15)6-8-3-4-10(13)9(12)5-8/h3-5H,6-7,14H2,1-2H3. The Morgan fingerprint density at radius 2 is 2.12 bits per heavy atom. The van der Waals surface area contributed by atoms with Crippen LogP contribution in [-0.4, -0.2) is 15.5 Å². The zero-order valence-electron chi connectivity index (χ0n) is 9.30. The van der Waals surface area contributed by atoms with Gasteiger partial charge in [0.1, 0.15) is 5.82 Å². The predicted molar refractivity (Wildman–Crippen MR) is 69.1 cm³/mol. The maximum atomic E-state index is 13.0. The first kappa shape index (κ1) is 13.8. The maximum absolute atomic E-state index is 13.0. The zero-order chi connectivity index (χ0) is 12.3. The molecule has 2 nitrogen and oxygen atoms in total. The third-order valence-corrected chi connectivity index (χ3v) is 4.17. The molecular formula is C11H15BrFNOS. The molecule has 1 aromatic carbocycles. The van der Waals surface area contributed by atoms with Crippen molar-refractivity contribution in [3.63, 3.8) is 0 Å². The van der Waals surface area contributed by atoms with E-state index in [9.17, 15) is 8.60 Å². The van der Waals surface area contributed by atoms with E-state index in [1.54, 1.807) is 12.1 Å². The van der Waals surface area contributed by atoms with Crippen LogP contribution in [-0.2, 0) is 16.6 Å². The fourth-order valence-electron chi connectivity index (χ4n) is 1.28. The molecule has 90 valence electrons. The maximum Gasteiger partial charge on any atom is 0.137 e. The van der Waals surface area contributed by atoms with E-state index in [2.05, 4.69) is 15.9 Å². The van der Waals surface area contributed by atoms with Crippen LogP contribution in [0.3, 0.4) is 0 Å². The lowest BCUT2D eigenvalue weighted by Gasteiger charge is -2.17. The first-order valence-electron chi connectivity index (χ1n) is 4.86. The van der Waals surface area contributed by atoms with Gasteiger partial charge in [0.2, 0.25) is 0 Å². The lowest BCUT2D eigenvalue weighted by Crippen LogP contribution is -2.38. The van der Waals surface area contributed by atoms with Crippen LogP contribution in [0.2, 0.25) is 0 Å². The summed E-state index contributed by atoms with van der Waals surface area (Å²) < 4.78 is 25.1. The smallest absolute Gasteiger partial charge is 0.137 e. The second-order valence-corrected chi connectivity index (χ2v) is 6.78. The minimum atomic E-state index is -1.02. The molecule has 0 aromatic heterocycles. The molecule has 0 saturated heterocycles. The molecule has 0 aliphatic heterocycles. The molecular weight excluding hydrogens is 293 g/mol. The molecule has 1 rings (SSSR count). The van der Waals surface area contributed by atoms with Gasteiger partial charge >= 0.3 is 0 Å². The van der Waals surface area contributed by atoms with Gasteiger partial charge in [0.25, 0.3) is 0 Å². The average Bonchev–Trinajstić information content (AvgIpc) is 2.08. The summed E-state index contributed by atoms with van der Waals surface area (Å²) in [6.07, 6.45) is 0. The van der Waals surface area contributed by atoms with E-state index in [-0.39, 0.29) is 5.82 Å². The van der Waals surface area contributed by atoms with Crippen molar-refractivity contribution in [3.05, 3.63) is 34.1 Å². The van der Waals surface area contributed by atoms with E-state index in [1.807, 2.05) is 13.8 Å². The minimum Gasteiger partial charge on any atom is -0.325 e. The van der Waals surface area contributed by atoms with Crippen LogP contribution in [0, 0.1) is 5.82 Å². The SMILES string of the molecule is CC(C)(N)CS(=O)Cc1ccc(F)c(Br)c1. The summed E-state index contributed by atoms with van der Waals surface area (Å²) in [4.78, 5) is 0. The van der Waals surface area contributed by atoms with Gasteiger partial charge in [-0.15, -0.1) is 0 Å². The summed E-state index contributed by atoms with van der Waals surface area (Å²) in [5.41, 5.74) is 6.18. The topological polar surface area (TPSA) is 43.1 Å². The Morgan fingerprint density at radius 1 is 1.50 bits per heavy atom. The van der Waals surface area contributed by atoms with Crippen molar-refractivity contribution >= 4 is 26.7 Å². The molecule has 0 fully saturated rings. The Kier molecular flexibility index (Phi) is 4.64. The number of nitrogens with two attached hydrogens (primary N) is 1. The molecule has 0 amide bonds. The molecule has 16 heavy (non-hydrogen) atoms. The zero-order valence-corrected chi connectivity index (χ0v) is 11.7. The van der Waals surface area contributed by atoms with E-state index in [1.165, 1.54) is 6.07 Å². The summed E-state index contributed by atoms with van der Waals surface area (Å²) >= 11 is 3.10. The Morgan fingerprint density at radius 3 is 2.62 bits per heavy atom. The van der Waals surface area contributed by atoms with E-state index >= 15 is 0 Å². The summed E-state index contributed by atoms with van der Waals surface area (Å²) in [5, 5.41) is 0. The Bertz CT molecular complexity index is 403. The molecule has 0 aliphatic carbocycles. The van der Waals surface area contributed by atoms with E-state index in [4.69, 9.17) is 5.73 Å². The third-order valence-electron chi connectivity index (χ3n) is 1.84. The van der Waals surface area contributed by atoms with Gasteiger partial charge < -0.3 is 5.73 Å². The molecule has 1 atom stereocenters. The van der Waals surface area contributed by atoms with Gasteiger partial charge in [0, 0.05) is 27.8 Å². The molecule has 2 N–H and O–H groups in total. The monoisotopic (exact) mass is 307 g/mol. The second kappa shape index (κ2) is 5.38. The normalized spacial score (nSPS) is 13.8. The van der Waals surface area contributed by atoms with Crippen molar-refractivity contribution in [1.29, 1.82) is 0 Å². The molecule has 1 aromatic rings.